The highest BCUT2D eigenvalue weighted by Gasteiger charge is 2.51. The van der Waals surface area contributed by atoms with E-state index in [1.54, 1.807) is 0 Å². The van der Waals surface area contributed by atoms with Crippen LogP contribution in [0, 0.1) is 0 Å². The van der Waals surface area contributed by atoms with Gasteiger partial charge in [-0.15, -0.1) is 5.06 Å². The zero-order valence-corrected chi connectivity index (χ0v) is 7.51. The molecule has 1 N–H and O–H groups in total. The molecule has 2 atom stereocenters. The van der Waals surface area contributed by atoms with Crippen LogP contribution in [0.3, 0.4) is 0 Å². The number of ether oxygens (including phenoxy) is 1. The summed E-state index contributed by atoms with van der Waals surface area (Å²) in [5.41, 5.74) is 0. The van der Waals surface area contributed by atoms with Crippen molar-refractivity contribution in [1.29, 1.82) is 0 Å². The highest BCUT2D eigenvalue weighted by Crippen LogP contribution is 2.35. The minimum atomic E-state index is -0.614. The zero-order chi connectivity index (χ0) is 10.1. The van der Waals surface area contributed by atoms with Crippen LogP contribution in [0.4, 0.5) is 0 Å². The third-order valence-corrected chi connectivity index (χ3v) is 2.19. The molecule has 2 aliphatic rings. The molecule has 2 saturated heterocycles. The Kier molecular flexibility index (Phi) is 2.39. The Bertz CT molecular complexity index is 266. The van der Waals surface area contributed by atoms with E-state index in [9.17, 15) is 9.59 Å². The van der Waals surface area contributed by atoms with E-state index in [4.69, 9.17) is 14.7 Å². The summed E-state index contributed by atoms with van der Waals surface area (Å²) in [5.74, 6) is -0.855. The van der Waals surface area contributed by atoms with E-state index >= 15 is 0 Å². The second-order valence-electron chi connectivity index (χ2n) is 3.26. The molecule has 78 valence electrons. The lowest BCUT2D eigenvalue weighted by Gasteiger charge is -2.21. The number of carbonyl (C=O) groups is 2. The molecule has 1 amide bonds. The summed E-state index contributed by atoms with van der Waals surface area (Å²) in [4.78, 5) is 27.0. The molecule has 0 aromatic carbocycles. The lowest BCUT2D eigenvalue weighted by atomic mass is 10.1. The van der Waals surface area contributed by atoms with Gasteiger partial charge in [0.2, 0.25) is 0 Å². The number of hydrogen-bond acceptors (Lipinski definition) is 5. The summed E-state index contributed by atoms with van der Waals surface area (Å²) in [6, 6.07) is 0. The molecule has 0 aliphatic carbocycles. The van der Waals surface area contributed by atoms with Gasteiger partial charge in [0.1, 0.15) is 6.10 Å². The minimum Gasteiger partial charge on any atom is -0.396 e. The zero-order valence-electron chi connectivity index (χ0n) is 7.51. The standard InChI is InChI=1S/C8H11NO5/c10-4-3-7(12)14-9-6(11)2-1-5-8(9)13-5/h5,8,10H,1-4H2. The number of piperidine rings is 1. The van der Waals surface area contributed by atoms with Gasteiger partial charge in [-0.2, -0.15) is 0 Å². The molecule has 6 nitrogen and oxygen atoms in total. The van der Waals surface area contributed by atoms with Crippen molar-refractivity contribution in [3.63, 3.8) is 0 Å². The van der Waals surface area contributed by atoms with Crippen LogP contribution >= 0.6 is 0 Å². The number of hydroxylamine groups is 2. The Morgan fingerprint density at radius 3 is 3.21 bits per heavy atom. The molecule has 0 saturated carbocycles. The van der Waals surface area contributed by atoms with Gasteiger partial charge in [0.25, 0.3) is 5.91 Å². The summed E-state index contributed by atoms with van der Waals surface area (Å²) in [6.45, 7) is -0.282. The first-order valence-electron chi connectivity index (χ1n) is 4.51. The molecule has 6 heteroatoms. The summed E-state index contributed by atoms with van der Waals surface area (Å²) in [5, 5.41) is 9.45. The van der Waals surface area contributed by atoms with Gasteiger partial charge in [-0.05, 0) is 6.42 Å². The van der Waals surface area contributed by atoms with E-state index in [1.807, 2.05) is 0 Å². The van der Waals surface area contributed by atoms with Crippen LogP contribution in [-0.4, -0.2) is 41.0 Å². The number of aliphatic hydroxyl groups excluding tert-OH is 1. The average Bonchev–Trinajstić information content (AvgIpc) is 2.89. The number of carbonyl (C=O) groups excluding carboxylic acids is 2. The van der Waals surface area contributed by atoms with Crippen molar-refractivity contribution in [1.82, 2.24) is 5.06 Å². The van der Waals surface area contributed by atoms with Gasteiger partial charge >= 0.3 is 5.97 Å². The van der Waals surface area contributed by atoms with Crippen LogP contribution in [0.2, 0.25) is 0 Å². The van der Waals surface area contributed by atoms with E-state index < -0.39 is 5.97 Å². The number of fused-ring (bicyclic) bond motifs is 1. The molecular weight excluding hydrogens is 190 g/mol. The Labute approximate surface area is 80.3 Å². The highest BCUT2D eigenvalue weighted by atomic mass is 16.8. The summed E-state index contributed by atoms with van der Waals surface area (Å²) >= 11 is 0. The molecule has 2 fully saturated rings. The monoisotopic (exact) mass is 201 g/mol. The summed E-state index contributed by atoms with van der Waals surface area (Å²) in [6.07, 6.45) is 0.556. The molecule has 2 rings (SSSR count). The van der Waals surface area contributed by atoms with Gasteiger partial charge in [0.15, 0.2) is 6.23 Å². The second kappa shape index (κ2) is 3.55. The maximum Gasteiger partial charge on any atom is 0.334 e. The number of epoxide rings is 1. The first-order valence-corrected chi connectivity index (χ1v) is 4.51. The van der Waals surface area contributed by atoms with E-state index in [2.05, 4.69) is 0 Å². The molecule has 0 aromatic rings. The first-order chi connectivity index (χ1) is 6.72. The van der Waals surface area contributed by atoms with Gasteiger partial charge in [-0.3, -0.25) is 4.79 Å². The predicted molar refractivity (Wildman–Crippen MR) is 42.5 cm³/mol. The van der Waals surface area contributed by atoms with Crippen molar-refractivity contribution in [2.75, 3.05) is 6.61 Å². The molecule has 14 heavy (non-hydrogen) atoms. The number of nitrogens with zero attached hydrogens (tertiary/aromatic N) is 1. The van der Waals surface area contributed by atoms with Crippen molar-refractivity contribution in [3.05, 3.63) is 0 Å². The van der Waals surface area contributed by atoms with E-state index in [0.717, 1.165) is 5.06 Å². The van der Waals surface area contributed by atoms with E-state index in [1.165, 1.54) is 0 Å². The van der Waals surface area contributed by atoms with Crippen LogP contribution in [0.5, 0.6) is 0 Å². The van der Waals surface area contributed by atoms with Crippen LogP contribution in [0.1, 0.15) is 19.3 Å². The molecule has 0 spiro atoms. The van der Waals surface area contributed by atoms with Gasteiger partial charge < -0.3 is 14.7 Å². The maximum atomic E-state index is 11.3. The van der Waals surface area contributed by atoms with E-state index in [0.29, 0.717) is 12.8 Å². The quantitative estimate of drug-likeness (QED) is 0.603. The van der Waals surface area contributed by atoms with Crippen LogP contribution < -0.4 is 0 Å². The maximum absolute atomic E-state index is 11.3. The van der Waals surface area contributed by atoms with E-state index in [-0.39, 0.29) is 31.3 Å². The van der Waals surface area contributed by atoms with Crippen molar-refractivity contribution < 1.29 is 24.3 Å². The molecule has 0 aromatic heterocycles. The SMILES string of the molecule is O=C(CCO)ON1C(=O)CCC2OC21. The minimum absolute atomic E-state index is 0.0228. The molecule has 2 unspecified atom stereocenters. The fourth-order valence-electron chi connectivity index (χ4n) is 1.42. The molecule has 0 bridgehead atoms. The van der Waals surface area contributed by atoms with Gasteiger partial charge in [-0.25, -0.2) is 4.79 Å². The summed E-state index contributed by atoms with van der Waals surface area (Å²) in [7, 11) is 0. The predicted octanol–water partition coefficient (Wildman–Crippen LogP) is -0.826. The fraction of sp³-hybridized carbons (Fsp3) is 0.750. The summed E-state index contributed by atoms with van der Waals surface area (Å²) < 4.78 is 5.11. The van der Waals surface area contributed by atoms with Crippen molar-refractivity contribution in [2.45, 2.75) is 31.6 Å². The normalized spacial score (nSPS) is 29.8. The Morgan fingerprint density at radius 1 is 1.71 bits per heavy atom. The molecule has 0 radical (unpaired) electrons. The second-order valence-corrected chi connectivity index (χ2v) is 3.26. The van der Waals surface area contributed by atoms with Crippen molar-refractivity contribution >= 4 is 11.9 Å². The van der Waals surface area contributed by atoms with Crippen molar-refractivity contribution in [2.24, 2.45) is 0 Å². The Morgan fingerprint density at radius 2 is 2.50 bits per heavy atom. The van der Waals surface area contributed by atoms with Gasteiger partial charge in [0, 0.05) is 6.42 Å². The number of aliphatic hydroxyl groups is 1. The number of rotatable bonds is 3. The Balaban J connectivity index is 1.89. The first kappa shape index (κ1) is 9.42. The largest absolute Gasteiger partial charge is 0.396 e. The highest BCUT2D eigenvalue weighted by molar-refractivity contribution is 5.79. The van der Waals surface area contributed by atoms with Crippen LogP contribution in [-0.2, 0) is 19.2 Å². The number of hydrogen-bond donors (Lipinski definition) is 1. The average molecular weight is 201 g/mol. The smallest absolute Gasteiger partial charge is 0.334 e. The number of amides is 1. The van der Waals surface area contributed by atoms with Gasteiger partial charge in [-0.1, -0.05) is 0 Å². The lowest BCUT2D eigenvalue weighted by molar-refractivity contribution is -0.208. The topological polar surface area (TPSA) is 79.4 Å². The molecular formula is C8H11NO5. The van der Waals surface area contributed by atoms with Crippen LogP contribution in [0.25, 0.3) is 0 Å². The lowest BCUT2D eigenvalue weighted by Crippen LogP contribution is -2.40. The van der Waals surface area contributed by atoms with Gasteiger partial charge in [0.05, 0.1) is 13.0 Å². The molecule has 2 heterocycles. The Hall–Kier alpha value is -1.14. The van der Waals surface area contributed by atoms with Crippen LogP contribution in [0.15, 0.2) is 0 Å². The van der Waals surface area contributed by atoms with Crippen molar-refractivity contribution in [3.8, 4) is 0 Å². The third-order valence-electron chi connectivity index (χ3n) is 2.19. The third kappa shape index (κ3) is 1.71. The fourth-order valence-corrected chi connectivity index (χ4v) is 1.42. The molecule has 2 aliphatic heterocycles.